The van der Waals surface area contributed by atoms with Gasteiger partial charge >= 0.3 is 0 Å². The van der Waals surface area contributed by atoms with E-state index in [9.17, 15) is 0 Å². The molecule has 0 aromatic carbocycles. The Morgan fingerprint density at radius 2 is 0.421 bits per heavy atom. The number of methoxy groups -OCH3 is 6. The Morgan fingerprint density at radius 1 is 0.254 bits per heavy atom. The molecule has 722 valence electrons. The summed E-state index contributed by atoms with van der Waals surface area (Å²) in [6.07, 6.45) is 14.4. The van der Waals surface area contributed by atoms with Crippen LogP contribution in [0.3, 0.4) is 0 Å². The van der Waals surface area contributed by atoms with E-state index in [1.165, 1.54) is 0 Å². The van der Waals surface area contributed by atoms with Gasteiger partial charge in [0.2, 0.25) is 53.5 Å². The van der Waals surface area contributed by atoms with Crippen LogP contribution in [-0.2, 0) is 28.4 Å². The van der Waals surface area contributed by atoms with Crippen LogP contribution in [0.25, 0.3) is 0 Å². The Bertz CT molecular complexity index is 3580. The van der Waals surface area contributed by atoms with Gasteiger partial charge in [0.15, 0.2) is 0 Å². The first-order chi connectivity index (χ1) is 58.2. The summed E-state index contributed by atoms with van der Waals surface area (Å²) in [4.78, 5) is 64.8. The number of hydrogen-bond donors (Lipinski definition) is 9. The highest BCUT2D eigenvalue weighted by atomic mass is 16.5. The Morgan fingerprint density at radius 3 is 0.603 bits per heavy atom. The van der Waals surface area contributed by atoms with Crippen LogP contribution in [-0.4, -0.2) is 286 Å². The Kier molecular flexibility index (Phi) is 34.7. The van der Waals surface area contributed by atoms with Crippen molar-refractivity contribution in [3.05, 3.63) is 0 Å². The van der Waals surface area contributed by atoms with E-state index in [1.807, 2.05) is 0 Å². The predicted octanol–water partition coefficient (Wildman–Crippen LogP) is 14.3. The van der Waals surface area contributed by atoms with Crippen LogP contribution >= 0.6 is 0 Å². The molecule has 7 unspecified atom stereocenters. The van der Waals surface area contributed by atoms with Crippen molar-refractivity contribution in [2.45, 2.75) is 456 Å². The van der Waals surface area contributed by atoms with Crippen LogP contribution in [0, 0.1) is 5.92 Å². The summed E-state index contributed by atoms with van der Waals surface area (Å²) in [7, 11) is 10.8. The highest BCUT2D eigenvalue weighted by molar-refractivity contribution is 5.51. The van der Waals surface area contributed by atoms with Gasteiger partial charge in [0.1, 0.15) is 0 Å². The first-order valence-electron chi connectivity index (χ1n) is 48.3. The van der Waals surface area contributed by atoms with Gasteiger partial charge < -0.3 is 106 Å². The van der Waals surface area contributed by atoms with E-state index in [-0.39, 0.29) is 145 Å². The summed E-state index contributed by atoms with van der Waals surface area (Å²) in [5.41, 5.74) is -1.86. The number of hydrogen-bond acceptors (Lipinski definition) is 30. The minimum Gasteiger partial charge on any atom is -0.380 e. The summed E-state index contributed by atoms with van der Waals surface area (Å²) in [6, 6.07) is 0.596. The normalized spacial score (nSPS) is 23.8. The van der Waals surface area contributed by atoms with Crippen LogP contribution in [0.1, 0.15) is 317 Å². The third kappa shape index (κ3) is 30.9. The van der Waals surface area contributed by atoms with Crippen molar-refractivity contribution in [2.24, 2.45) is 5.92 Å². The molecular formula is C96H182N24O6. The number of aromatic nitrogens is 9. The second kappa shape index (κ2) is 41.9. The Balaban J connectivity index is 1.13. The summed E-state index contributed by atoms with van der Waals surface area (Å²) >= 11 is 0. The van der Waals surface area contributed by atoms with E-state index < -0.39 is 0 Å². The third-order valence-corrected chi connectivity index (χ3v) is 27.1. The maximum atomic E-state index is 6.18. The van der Waals surface area contributed by atoms with Gasteiger partial charge in [0.05, 0.1) is 36.6 Å². The molecule has 6 fully saturated rings. The van der Waals surface area contributed by atoms with E-state index in [2.05, 4.69) is 285 Å². The lowest BCUT2D eigenvalue weighted by Crippen LogP contribution is -2.63. The zero-order valence-corrected chi connectivity index (χ0v) is 86.0. The van der Waals surface area contributed by atoms with Crippen LogP contribution in [0.2, 0.25) is 0 Å². The fraction of sp³-hybridized carbons (Fsp3) is 0.906. The van der Waals surface area contributed by atoms with Gasteiger partial charge in [-0.05, 0) is 316 Å². The van der Waals surface area contributed by atoms with Crippen molar-refractivity contribution >= 4 is 53.5 Å². The molecule has 30 heteroatoms. The summed E-state index contributed by atoms with van der Waals surface area (Å²) in [6.45, 7) is 74.0. The average molecular weight is 1770 g/mol. The Hall–Kier alpha value is -5.25. The molecule has 7 atom stereocenters. The molecule has 0 spiro atoms. The molecule has 0 aliphatic carbocycles. The maximum Gasteiger partial charge on any atom is 0.232 e. The number of rotatable bonds is 44. The maximum absolute atomic E-state index is 6.18. The van der Waals surface area contributed by atoms with Gasteiger partial charge in [-0.3, -0.25) is 0 Å². The lowest BCUT2D eigenvalue weighted by Gasteiger charge is -2.50. The number of anilines is 9. The highest BCUT2D eigenvalue weighted by Crippen LogP contribution is 2.43. The van der Waals surface area contributed by atoms with Crippen molar-refractivity contribution in [3.8, 4) is 0 Å². The van der Waals surface area contributed by atoms with Gasteiger partial charge in [-0.15, -0.1) is 0 Å². The first-order valence-corrected chi connectivity index (χ1v) is 48.3. The molecule has 6 aliphatic rings. The molecule has 126 heavy (non-hydrogen) atoms. The zero-order chi connectivity index (χ0) is 93.5. The van der Waals surface area contributed by atoms with E-state index >= 15 is 0 Å². The molecule has 9 rings (SSSR count). The first kappa shape index (κ1) is 104. The van der Waals surface area contributed by atoms with Gasteiger partial charge in [0.25, 0.3) is 0 Å². The molecule has 0 bridgehead atoms. The average Bonchev–Trinajstić information content (AvgIpc) is 0.778. The quantitative estimate of drug-likeness (QED) is 0.0238. The van der Waals surface area contributed by atoms with Gasteiger partial charge in [-0.25, -0.2) is 0 Å². The van der Waals surface area contributed by atoms with Gasteiger partial charge in [-0.2, -0.15) is 44.9 Å². The smallest absolute Gasteiger partial charge is 0.232 e. The monoisotopic (exact) mass is 1770 g/mol. The van der Waals surface area contributed by atoms with E-state index in [4.69, 9.17) is 73.3 Å². The van der Waals surface area contributed by atoms with Crippen LogP contribution in [0.4, 0.5) is 53.5 Å². The van der Waals surface area contributed by atoms with Gasteiger partial charge in [-0.1, -0.05) is 6.42 Å². The minimum absolute atomic E-state index is 0.0861. The number of piperidine rings is 6. The molecule has 9 N–H and O–H groups in total. The summed E-state index contributed by atoms with van der Waals surface area (Å²) in [5, 5.41) is 35.5. The topological polar surface area (TPSA) is 299 Å². The van der Waals surface area contributed by atoms with Crippen LogP contribution in [0.5, 0.6) is 0 Å². The van der Waals surface area contributed by atoms with Crippen molar-refractivity contribution in [3.63, 3.8) is 0 Å². The Labute approximate surface area is 763 Å². The summed E-state index contributed by atoms with van der Waals surface area (Å²) < 4.78 is 36.9. The van der Waals surface area contributed by atoms with Crippen molar-refractivity contribution in [1.82, 2.24) is 76.8 Å². The molecular weight excluding hydrogens is 1590 g/mol. The molecule has 6 saturated heterocycles. The molecule has 30 nitrogen and oxygen atoms in total. The van der Waals surface area contributed by atoms with Gasteiger partial charge in [0, 0.05) is 204 Å². The van der Waals surface area contributed by atoms with E-state index in [1.54, 1.807) is 42.7 Å². The molecule has 6 aliphatic heterocycles. The molecule has 3 aromatic rings. The lowest BCUT2D eigenvalue weighted by atomic mass is 9.79. The SMILES string of the molecule is COC(C)CN(c1nc(NCCCCC(CCCNc2nc(N(CC(C)OC)C3CC(C)(C)NC(C)(C)C3)nc(N(CC(C)OC)C3CC(C)(C)NC(C)(C)C3)n2)CNc2nc(N(CC(C)OC)C3CC(C)(C)NC(C)(C)C3)nc(N(CC(C)OC)C3CC(C)(C)NC(C)(C)C3)n2)nc(N(CC(C)OC)C2CC(C)(C)NC(C)(C)C2)n1)C1CC(C)(C)NC(C)(C)C1. The van der Waals surface area contributed by atoms with E-state index in [0.29, 0.717) is 112 Å². The molecule has 0 saturated carbocycles. The number of ether oxygens (including phenoxy) is 6. The number of unbranched alkanes of at least 4 members (excludes halogenated alkanes) is 1. The minimum atomic E-state index is -0.166. The molecule has 9 heterocycles. The largest absolute Gasteiger partial charge is 0.380 e. The standard InChI is InChI=1S/C96H182N24O6/c1-63(121-31)57-115(70-44-85(7,8)109-86(9,10)45-70)79-100-76(101-80(106-79)116(58-64(2)122-32)71-46-87(11,12)110-88(13,14)47-71)97-42-38-37-40-69(56-99-78-104-83(119(61-67(5)125-35)74-52-93(23,24)113-94(25,26)53-74)108-84(105-78)120(62-68(6)126-36)75-54-95(27,28)114-96(29,30)55-75)41-39-43-98-77-102-81(117(59-65(3)123-33)72-48-89(15,16)111-90(17,18)49-72)107-82(103-77)118(60-66(4)124-34)73-50-91(19,20)112-92(21,22)51-73/h63-75,109-114H,37-62H2,1-36H3,(H,97,100,101,106)(H,98,102,103,107)(H,99,104,105,108). The van der Waals surface area contributed by atoms with Crippen molar-refractivity contribution < 1.29 is 28.4 Å². The molecule has 0 amide bonds. The zero-order valence-electron chi connectivity index (χ0n) is 86.0. The number of nitrogens with one attached hydrogen (secondary N) is 9. The van der Waals surface area contributed by atoms with E-state index in [0.717, 1.165) is 109 Å². The third-order valence-electron chi connectivity index (χ3n) is 27.1. The fourth-order valence-corrected chi connectivity index (χ4v) is 23.4. The van der Waals surface area contributed by atoms with Crippen molar-refractivity contribution in [1.29, 1.82) is 0 Å². The second-order valence-electron chi connectivity index (χ2n) is 47.4. The van der Waals surface area contributed by atoms with Crippen molar-refractivity contribution in [2.75, 3.05) is 147 Å². The fourth-order valence-electron chi connectivity index (χ4n) is 23.4. The van der Waals surface area contributed by atoms with Crippen LogP contribution < -0.4 is 77.3 Å². The number of nitrogens with zero attached hydrogens (tertiary/aromatic N) is 15. The molecule has 0 radical (unpaired) electrons. The van der Waals surface area contributed by atoms with Crippen LogP contribution in [0.15, 0.2) is 0 Å². The summed E-state index contributed by atoms with van der Waals surface area (Å²) in [5.74, 6) is 5.71. The predicted molar refractivity (Wildman–Crippen MR) is 520 cm³/mol. The highest BCUT2D eigenvalue weighted by Gasteiger charge is 2.49. The second-order valence-corrected chi connectivity index (χ2v) is 47.4. The molecule has 3 aromatic heterocycles. The lowest BCUT2D eigenvalue weighted by molar-refractivity contribution is 0.109.